The molecule has 0 atom stereocenters. The van der Waals surface area contributed by atoms with E-state index in [1.807, 2.05) is 13.8 Å². The summed E-state index contributed by atoms with van der Waals surface area (Å²) in [6.45, 7) is 12.3. The van der Waals surface area contributed by atoms with Gasteiger partial charge in [-0.15, -0.1) is 0 Å². The highest BCUT2D eigenvalue weighted by Crippen LogP contribution is 2.37. The lowest BCUT2D eigenvalue weighted by Crippen LogP contribution is -2.30. The fourth-order valence-corrected chi connectivity index (χ4v) is 3.60. The lowest BCUT2D eigenvalue weighted by molar-refractivity contribution is -0.137. The predicted octanol–water partition coefficient (Wildman–Crippen LogP) is 7.00. The first kappa shape index (κ1) is 23.5. The molecule has 0 bridgehead atoms. The van der Waals surface area contributed by atoms with Crippen LogP contribution in [-0.2, 0) is 19.0 Å². The maximum absolute atomic E-state index is 13.0. The number of ether oxygens (including phenoxy) is 1. The average Bonchev–Trinajstić information content (AvgIpc) is 2.64. The van der Waals surface area contributed by atoms with E-state index in [1.165, 1.54) is 6.07 Å². The molecule has 0 aliphatic carbocycles. The molecule has 0 saturated heterocycles. The van der Waals surface area contributed by atoms with E-state index >= 15 is 0 Å². The molecule has 160 valence electrons. The van der Waals surface area contributed by atoms with Crippen molar-refractivity contribution < 1.29 is 17.9 Å². The Balaban J connectivity index is 2.55. The summed E-state index contributed by atoms with van der Waals surface area (Å²) in [5.41, 5.74) is 1.46. The minimum Gasteiger partial charge on any atom is -0.473 e. The quantitative estimate of drug-likeness (QED) is 0.476. The Morgan fingerprint density at radius 3 is 2.00 bits per heavy atom. The first-order chi connectivity index (χ1) is 13.5. The second kappa shape index (κ2) is 9.33. The Bertz CT molecular complexity index is 843. The van der Waals surface area contributed by atoms with Crippen LogP contribution in [0, 0.1) is 11.8 Å². The number of hydrogen-bond acceptors (Lipinski definition) is 3. The van der Waals surface area contributed by atoms with Gasteiger partial charge in [-0.1, -0.05) is 59.2 Å². The molecule has 0 spiro atoms. The molecule has 0 aliphatic rings. The largest absolute Gasteiger partial charge is 0.473 e. The van der Waals surface area contributed by atoms with Crippen LogP contribution in [0.3, 0.4) is 0 Å². The van der Waals surface area contributed by atoms with E-state index in [-0.39, 0.29) is 11.1 Å². The smallest absolute Gasteiger partial charge is 0.416 e. The summed E-state index contributed by atoms with van der Waals surface area (Å²) in [5.74, 6) is 1.09. The average molecular weight is 429 g/mol. The van der Waals surface area contributed by atoms with Crippen LogP contribution in [0.15, 0.2) is 18.2 Å². The number of aryl methyl sites for hydroxylation is 2. The summed E-state index contributed by atoms with van der Waals surface area (Å²) < 4.78 is 45.1. The van der Waals surface area contributed by atoms with Crippen molar-refractivity contribution in [3.63, 3.8) is 0 Å². The maximum atomic E-state index is 13.0. The third kappa shape index (κ3) is 5.41. The number of halogens is 4. The van der Waals surface area contributed by atoms with E-state index in [9.17, 15) is 13.2 Å². The first-order valence-corrected chi connectivity index (χ1v) is 10.3. The Morgan fingerprint density at radius 1 is 0.966 bits per heavy atom. The van der Waals surface area contributed by atoms with Gasteiger partial charge in [-0.25, -0.2) is 9.97 Å². The van der Waals surface area contributed by atoms with Crippen molar-refractivity contribution in [2.24, 2.45) is 11.8 Å². The number of nitrogens with zero attached hydrogens (tertiary/aromatic N) is 2. The predicted molar refractivity (Wildman–Crippen MR) is 110 cm³/mol. The van der Waals surface area contributed by atoms with Crippen molar-refractivity contribution >= 4 is 11.6 Å². The van der Waals surface area contributed by atoms with E-state index in [0.717, 1.165) is 12.1 Å². The van der Waals surface area contributed by atoms with Gasteiger partial charge in [0.1, 0.15) is 11.8 Å². The lowest BCUT2D eigenvalue weighted by Gasteiger charge is -2.27. The molecule has 0 amide bonds. The lowest BCUT2D eigenvalue weighted by atomic mass is 9.96. The number of hydrogen-bond donors (Lipinski definition) is 0. The van der Waals surface area contributed by atoms with Gasteiger partial charge in [-0.3, -0.25) is 0 Å². The Kier molecular flexibility index (Phi) is 7.55. The van der Waals surface area contributed by atoms with E-state index in [2.05, 4.69) is 32.7 Å². The molecule has 1 heterocycles. The standard InChI is InChI=1S/C22H28ClF3N2O/c1-7-17-19(15-10-9-14(11-16(15)23)22(24,25)26)27-18(8-2)21(28-17)29-20(12(3)4)13(5)6/h9-13,20H,7-8H2,1-6H3. The van der Waals surface area contributed by atoms with Crippen molar-refractivity contribution in [3.05, 3.63) is 40.2 Å². The van der Waals surface area contributed by atoms with Crippen molar-refractivity contribution in [1.29, 1.82) is 0 Å². The van der Waals surface area contributed by atoms with E-state index in [4.69, 9.17) is 21.3 Å². The minimum absolute atomic E-state index is 0.00165. The molecule has 1 aromatic carbocycles. The van der Waals surface area contributed by atoms with Gasteiger partial charge < -0.3 is 4.74 Å². The summed E-state index contributed by atoms with van der Waals surface area (Å²) in [6, 6.07) is 3.31. The van der Waals surface area contributed by atoms with Crippen molar-refractivity contribution in [2.75, 3.05) is 0 Å². The molecule has 7 heteroatoms. The summed E-state index contributed by atoms with van der Waals surface area (Å²) in [4.78, 5) is 9.39. The zero-order valence-electron chi connectivity index (χ0n) is 17.7. The molecule has 0 radical (unpaired) electrons. The second-order valence-corrected chi connectivity index (χ2v) is 8.15. The van der Waals surface area contributed by atoms with Gasteiger partial charge in [0.2, 0.25) is 5.88 Å². The third-order valence-electron chi connectivity index (χ3n) is 4.79. The highest BCUT2D eigenvalue weighted by molar-refractivity contribution is 6.33. The Labute approximate surface area is 175 Å². The van der Waals surface area contributed by atoms with Crippen LogP contribution in [0.5, 0.6) is 5.88 Å². The van der Waals surface area contributed by atoms with E-state index < -0.39 is 11.7 Å². The van der Waals surface area contributed by atoms with Gasteiger partial charge in [0.15, 0.2) is 0 Å². The zero-order valence-corrected chi connectivity index (χ0v) is 18.4. The van der Waals surface area contributed by atoms with Crippen LogP contribution in [0.4, 0.5) is 13.2 Å². The van der Waals surface area contributed by atoms with Gasteiger partial charge in [-0.05, 0) is 36.8 Å². The van der Waals surface area contributed by atoms with Crippen LogP contribution >= 0.6 is 11.6 Å². The van der Waals surface area contributed by atoms with Crippen molar-refractivity contribution in [2.45, 2.75) is 66.7 Å². The molecule has 2 rings (SSSR count). The van der Waals surface area contributed by atoms with Gasteiger partial charge in [-0.2, -0.15) is 13.2 Å². The third-order valence-corrected chi connectivity index (χ3v) is 5.10. The number of aromatic nitrogens is 2. The highest BCUT2D eigenvalue weighted by atomic mass is 35.5. The molecule has 0 aliphatic heterocycles. The number of rotatable bonds is 7. The fraction of sp³-hybridized carbons (Fsp3) is 0.545. The molecule has 3 nitrogen and oxygen atoms in total. The monoisotopic (exact) mass is 428 g/mol. The number of benzene rings is 1. The van der Waals surface area contributed by atoms with Gasteiger partial charge in [0, 0.05) is 5.56 Å². The van der Waals surface area contributed by atoms with Crippen LogP contribution in [0.2, 0.25) is 5.02 Å². The normalized spacial score (nSPS) is 12.3. The molecule has 0 saturated carbocycles. The molecule has 0 unspecified atom stereocenters. The van der Waals surface area contributed by atoms with Gasteiger partial charge >= 0.3 is 6.18 Å². The second-order valence-electron chi connectivity index (χ2n) is 7.74. The van der Waals surface area contributed by atoms with Crippen LogP contribution in [0.1, 0.15) is 58.5 Å². The SMILES string of the molecule is CCc1nc(-c2ccc(C(F)(F)F)cc2Cl)c(CC)nc1OC(C(C)C)C(C)C. The number of alkyl halides is 3. The Morgan fingerprint density at radius 2 is 1.55 bits per heavy atom. The first-order valence-electron chi connectivity index (χ1n) is 9.93. The molecular formula is C22H28ClF3N2O. The Hall–Kier alpha value is -1.82. The summed E-state index contributed by atoms with van der Waals surface area (Å²) in [6.07, 6.45) is -3.33. The zero-order chi connectivity index (χ0) is 21.9. The van der Waals surface area contributed by atoms with Crippen LogP contribution in [-0.4, -0.2) is 16.1 Å². The van der Waals surface area contributed by atoms with Crippen molar-refractivity contribution in [3.8, 4) is 17.1 Å². The van der Waals surface area contributed by atoms with Crippen molar-refractivity contribution in [1.82, 2.24) is 9.97 Å². The summed E-state index contributed by atoms with van der Waals surface area (Å²) in [5, 5.41) is 0.00165. The maximum Gasteiger partial charge on any atom is 0.416 e. The molecule has 1 aromatic heterocycles. The topological polar surface area (TPSA) is 35.0 Å². The molecule has 0 N–H and O–H groups in total. The molecule has 2 aromatic rings. The van der Waals surface area contributed by atoms with Crippen LogP contribution in [0.25, 0.3) is 11.3 Å². The minimum atomic E-state index is -4.45. The van der Waals surface area contributed by atoms with E-state index in [0.29, 0.717) is 53.2 Å². The highest BCUT2D eigenvalue weighted by Gasteiger charge is 2.31. The van der Waals surface area contributed by atoms with Gasteiger partial charge in [0.25, 0.3) is 0 Å². The fourth-order valence-electron chi connectivity index (χ4n) is 3.33. The molecular weight excluding hydrogens is 401 g/mol. The van der Waals surface area contributed by atoms with Crippen LogP contribution < -0.4 is 4.74 Å². The van der Waals surface area contributed by atoms with E-state index in [1.54, 1.807) is 0 Å². The van der Waals surface area contributed by atoms with Gasteiger partial charge in [0.05, 0.1) is 22.0 Å². The summed E-state index contributed by atoms with van der Waals surface area (Å²) in [7, 11) is 0. The molecule has 29 heavy (non-hydrogen) atoms. The molecule has 0 fully saturated rings. The summed E-state index contributed by atoms with van der Waals surface area (Å²) >= 11 is 6.20.